The number of ether oxygens (including phenoxy) is 1. The molecule has 0 bridgehead atoms. The Morgan fingerprint density at radius 1 is 1.03 bits per heavy atom. The van der Waals surface area contributed by atoms with Crippen LogP contribution >= 0.6 is 0 Å². The van der Waals surface area contributed by atoms with E-state index in [1.807, 2.05) is 19.1 Å². The van der Waals surface area contributed by atoms with Crippen LogP contribution in [0.2, 0.25) is 0 Å². The third-order valence-electron chi connectivity index (χ3n) is 7.45. The van der Waals surface area contributed by atoms with Crippen molar-refractivity contribution < 1.29 is 13.5 Å². The van der Waals surface area contributed by atoms with E-state index in [4.69, 9.17) is 4.74 Å². The maximum absolute atomic E-state index is 15.0. The molecule has 162 valence electrons. The molecule has 0 spiro atoms. The van der Waals surface area contributed by atoms with Crippen LogP contribution in [0.15, 0.2) is 36.4 Å². The Morgan fingerprint density at radius 3 is 2.63 bits per heavy atom. The van der Waals surface area contributed by atoms with Gasteiger partial charge in [-0.25, -0.2) is 8.78 Å². The largest absolute Gasteiger partial charge is 0.486 e. The number of allylic oxidation sites excluding steroid dienone is 1. The number of halogens is 2. The lowest BCUT2D eigenvalue weighted by atomic mass is 9.63. The van der Waals surface area contributed by atoms with Crippen molar-refractivity contribution in [2.24, 2.45) is 17.8 Å². The normalized spacial score (nSPS) is 26.8. The molecule has 0 radical (unpaired) electrons. The zero-order valence-electron chi connectivity index (χ0n) is 18.3. The molecule has 0 saturated heterocycles. The van der Waals surface area contributed by atoms with E-state index < -0.39 is 11.6 Å². The smallest absolute Gasteiger partial charge is 0.175 e. The second-order valence-corrected chi connectivity index (χ2v) is 9.36. The molecule has 2 saturated carbocycles. The highest BCUT2D eigenvalue weighted by Gasteiger charge is 2.36. The summed E-state index contributed by atoms with van der Waals surface area (Å²) in [5.41, 5.74) is 1.04. The molecule has 4 rings (SSSR count). The first kappa shape index (κ1) is 21.3. The van der Waals surface area contributed by atoms with Gasteiger partial charge in [0.1, 0.15) is 12.4 Å². The molecule has 0 aromatic heterocycles. The maximum atomic E-state index is 15.0. The molecule has 4 atom stereocenters. The van der Waals surface area contributed by atoms with E-state index in [0.29, 0.717) is 11.3 Å². The van der Waals surface area contributed by atoms with Crippen LogP contribution in [-0.2, 0) is 0 Å². The van der Waals surface area contributed by atoms with Crippen LogP contribution in [0.4, 0.5) is 8.78 Å². The first-order valence-electron chi connectivity index (χ1n) is 11.8. The number of benzene rings is 2. The summed E-state index contributed by atoms with van der Waals surface area (Å²) in [5, 5.41) is 0.681. The highest BCUT2D eigenvalue weighted by atomic mass is 19.1. The fraction of sp³-hybridized carbons (Fsp3) is 0.556. The minimum atomic E-state index is -0.598. The molecule has 0 aliphatic heterocycles. The summed E-state index contributed by atoms with van der Waals surface area (Å²) in [6.07, 6.45) is 13.9. The number of hydrogen-bond donors (Lipinski definition) is 0. The van der Waals surface area contributed by atoms with Crippen LogP contribution in [0.5, 0.6) is 5.75 Å². The summed E-state index contributed by atoms with van der Waals surface area (Å²) in [4.78, 5) is 0. The molecule has 0 N–H and O–H groups in total. The van der Waals surface area contributed by atoms with E-state index in [0.717, 1.165) is 36.2 Å². The number of fused-ring (bicyclic) bond motifs is 2. The van der Waals surface area contributed by atoms with Gasteiger partial charge in [-0.1, -0.05) is 50.5 Å². The Hall–Kier alpha value is -1.90. The Balaban J connectivity index is 1.52. The summed E-state index contributed by atoms with van der Waals surface area (Å²) < 4.78 is 35.3. The highest BCUT2D eigenvalue weighted by molar-refractivity contribution is 5.86. The molecule has 2 aliphatic carbocycles. The zero-order chi connectivity index (χ0) is 21.1. The first-order chi connectivity index (χ1) is 14.6. The van der Waals surface area contributed by atoms with Crippen LogP contribution in [0.1, 0.15) is 76.7 Å². The van der Waals surface area contributed by atoms with Gasteiger partial charge >= 0.3 is 0 Å². The van der Waals surface area contributed by atoms with Gasteiger partial charge in [-0.3, -0.25) is 0 Å². The summed E-state index contributed by atoms with van der Waals surface area (Å²) in [6.45, 7) is 4.45. The molecule has 0 heterocycles. The molecule has 2 aromatic rings. The molecule has 1 nitrogen and oxygen atoms in total. The third kappa shape index (κ3) is 4.40. The van der Waals surface area contributed by atoms with Gasteiger partial charge in [0.25, 0.3) is 0 Å². The van der Waals surface area contributed by atoms with Crippen LogP contribution < -0.4 is 4.74 Å². The fourth-order valence-corrected chi connectivity index (χ4v) is 5.92. The Bertz CT molecular complexity index is 903. The average Bonchev–Trinajstić information content (AvgIpc) is 2.75. The van der Waals surface area contributed by atoms with Gasteiger partial charge in [-0.2, -0.15) is 0 Å². The van der Waals surface area contributed by atoms with Gasteiger partial charge < -0.3 is 4.74 Å². The van der Waals surface area contributed by atoms with Gasteiger partial charge in [0.15, 0.2) is 11.6 Å². The van der Waals surface area contributed by atoms with E-state index in [9.17, 15) is 8.78 Å². The van der Waals surface area contributed by atoms with Crippen molar-refractivity contribution in [2.75, 3.05) is 6.61 Å². The highest BCUT2D eigenvalue weighted by Crippen LogP contribution is 2.48. The molecule has 0 amide bonds. The van der Waals surface area contributed by atoms with Crippen molar-refractivity contribution >= 4 is 10.8 Å². The van der Waals surface area contributed by atoms with Crippen molar-refractivity contribution in [2.45, 2.75) is 71.1 Å². The van der Waals surface area contributed by atoms with Gasteiger partial charge in [-0.15, -0.1) is 0 Å². The third-order valence-corrected chi connectivity index (χ3v) is 7.45. The standard InChI is InChI=1S/C27H34F2O/c1-3-5-13-30-25-12-11-22-16-23(17-24(28)26(22)27(25)29)21-10-9-19-14-18(6-4-2)7-8-20(19)15-21/h3,5,11-12,16-21H,4,6-10,13-15H2,1-2H3/b5-3+. The molecular weight excluding hydrogens is 378 g/mol. The Labute approximate surface area is 179 Å². The Kier molecular flexibility index (Phi) is 6.75. The first-order valence-corrected chi connectivity index (χ1v) is 11.8. The lowest BCUT2D eigenvalue weighted by Crippen LogP contribution is -2.30. The molecule has 3 heteroatoms. The minimum Gasteiger partial charge on any atom is -0.486 e. The van der Waals surface area contributed by atoms with Gasteiger partial charge in [-0.05, 0) is 85.8 Å². The quantitative estimate of drug-likeness (QED) is 0.435. The average molecular weight is 413 g/mol. The number of hydrogen-bond acceptors (Lipinski definition) is 1. The van der Waals surface area contributed by atoms with Crippen molar-refractivity contribution in [3.8, 4) is 5.75 Å². The van der Waals surface area contributed by atoms with Crippen molar-refractivity contribution in [1.82, 2.24) is 0 Å². The van der Waals surface area contributed by atoms with E-state index in [1.165, 1.54) is 38.5 Å². The molecule has 2 aromatic carbocycles. The fourth-order valence-electron chi connectivity index (χ4n) is 5.92. The molecule has 2 fully saturated rings. The van der Waals surface area contributed by atoms with Crippen molar-refractivity contribution in [3.05, 3.63) is 53.6 Å². The monoisotopic (exact) mass is 412 g/mol. The Morgan fingerprint density at radius 2 is 1.83 bits per heavy atom. The zero-order valence-corrected chi connectivity index (χ0v) is 18.3. The molecule has 4 unspecified atom stereocenters. The van der Waals surface area contributed by atoms with E-state index >= 15 is 0 Å². The molecule has 2 aliphatic rings. The van der Waals surface area contributed by atoms with Crippen molar-refractivity contribution in [1.29, 1.82) is 0 Å². The van der Waals surface area contributed by atoms with Gasteiger partial charge in [0, 0.05) is 0 Å². The second-order valence-electron chi connectivity index (χ2n) is 9.36. The van der Waals surface area contributed by atoms with E-state index in [-0.39, 0.29) is 17.7 Å². The summed E-state index contributed by atoms with van der Waals surface area (Å²) in [7, 11) is 0. The lowest BCUT2D eigenvalue weighted by molar-refractivity contribution is 0.114. The predicted molar refractivity (Wildman–Crippen MR) is 120 cm³/mol. The van der Waals surface area contributed by atoms with Gasteiger partial charge in [0.05, 0.1) is 5.39 Å². The minimum absolute atomic E-state index is 0.0467. The summed E-state index contributed by atoms with van der Waals surface area (Å²) in [6, 6.07) is 6.99. The summed E-state index contributed by atoms with van der Waals surface area (Å²) in [5.74, 6) is 1.97. The maximum Gasteiger partial charge on any atom is 0.175 e. The molecular formula is C27H34F2O. The van der Waals surface area contributed by atoms with Crippen LogP contribution in [0.3, 0.4) is 0 Å². The lowest BCUT2D eigenvalue weighted by Gasteiger charge is -2.42. The van der Waals surface area contributed by atoms with Crippen LogP contribution in [-0.4, -0.2) is 6.61 Å². The van der Waals surface area contributed by atoms with Gasteiger partial charge in [0.2, 0.25) is 0 Å². The van der Waals surface area contributed by atoms with Crippen LogP contribution in [0.25, 0.3) is 10.8 Å². The topological polar surface area (TPSA) is 9.23 Å². The van der Waals surface area contributed by atoms with Crippen molar-refractivity contribution in [3.63, 3.8) is 0 Å². The van der Waals surface area contributed by atoms with E-state index in [1.54, 1.807) is 24.3 Å². The van der Waals surface area contributed by atoms with Crippen LogP contribution in [0, 0.1) is 29.4 Å². The number of rotatable bonds is 6. The second kappa shape index (κ2) is 9.49. The summed E-state index contributed by atoms with van der Waals surface area (Å²) >= 11 is 0. The predicted octanol–water partition coefficient (Wildman–Crippen LogP) is 8.17. The SMILES string of the molecule is C/C=C/COc1ccc2cc(C3CCC4CC(CCC)CCC4C3)cc(F)c2c1F. The molecule has 30 heavy (non-hydrogen) atoms. The van der Waals surface area contributed by atoms with E-state index in [2.05, 4.69) is 6.92 Å².